The van der Waals surface area contributed by atoms with Gasteiger partial charge < -0.3 is 29.8 Å². The van der Waals surface area contributed by atoms with Gasteiger partial charge in [0.05, 0.1) is 18.8 Å². The zero-order valence-electron chi connectivity index (χ0n) is 26.6. The number of aliphatic hydroxyl groups excluding tert-OH is 1. The third-order valence-corrected chi connectivity index (χ3v) is 9.59. The van der Waals surface area contributed by atoms with Crippen LogP contribution in [0.5, 0.6) is 0 Å². The number of aromatic nitrogens is 2. The Morgan fingerprint density at radius 1 is 0.830 bits per heavy atom. The summed E-state index contributed by atoms with van der Waals surface area (Å²) in [5.41, 5.74) is 6.98. The average Bonchev–Trinajstić information content (AvgIpc) is 3.54. The minimum atomic E-state index is -0.571. The highest BCUT2D eigenvalue weighted by Crippen LogP contribution is 2.43. The van der Waals surface area contributed by atoms with Crippen molar-refractivity contribution in [2.24, 2.45) is 13.0 Å². The molecule has 1 aromatic heterocycles. The van der Waals surface area contributed by atoms with Gasteiger partial charge in [-0.25, -0.2) is 9.78 Å². The van der Waals surface area contributed by atoms with Crippen LogP contribution in [0.3, 0.4) is 0 Å². The fraction of sp³-hybridized carbons (Fsp3) is 0.263. The number of amides is 2. The lowest BCUT2D eigenvalue weighted by atomic mass is 9.91. The monoisotopic (exact) mass is 648 g/mol. The summed E-state index contributed by atoms with van der Waals surface area (Å²) >= 11 is 1.68. The van der Waals surface area contributed by atoms with E-state index in [0.29, 0.717) is 13.1 Å². The molecule has 2 heterocycles. The predicted octanol–water partition coefficient (Wildman–Crippen LogP) is 7.16. The lowest BCUT2D eigenvalue weighted by molar-refractivity contribution is -0.268. The van der Waals surface area contributed by atoms with Crippen LogP contribution in [0.4, 0.5) is 4.79 Å². The van der Waals surface area contributed by atoms with Crippen LogP contribution in [0.25, 0.3) is 11.1 Å². The maximum atomic E-state index is 12.4. The molecule has 47 heavy (non-hydrogen) atoms. The summed E-state index contributed by atoms with van der Waals surface area (Å²) < 4.78 is 15.4. The molecular weight excluding hydrogens is 609 g/mol. The van der Waals surface area contributed by atoms with Crippen molar-refractivity contribution >= 4 is 17.8 Å². The molecule has 1 saturated heterocycles. The molecule has 3 N–H and O–H groups in total. The number of urea groups is 1. The summed E-state index contributed by atoms with van der Waals surface area (Å²) in [6.45, 7) is 3.05. The molecule has 2 amide bonds. The van der Waals surface area contributed by atoms with Gasteiger partial charge in [0.15, 0.2) is 11.4 Å². The zero-order valence-corrected chi connectivity index (χ0v) is 27.4. The van der Waals surface area contributed by atoms with Crippen LogP contribution in [-0.2, 0) is 36.2 Å². The molecule has 1 fully saturated rings. The lowest BCUT2D eigenvalue weighted by Gasteiger charge is -2.41. The molecule has 5 aromatic rings. The van der Waals surface area contributed by atoms with Crippen LogP contribution < -0.4 is 10.6 Å². The summed E-state index contributed by atoms with van der Waals surface area (Å²) in [6, 6.07) is 34.1. The van der Waals surface area contributed by atoms with Crippen molar-refractivity contribution < 1.29 is 19.4 Å². The summed E-state index contributed by atoms with van der Waals surface area (Å²) in [7, 11) is 2.00. The molecule has 4 atom stereocenters. The van der Waals surface area contributed by atoms with E-state index >= 15 is 0 Å². The van der Waals surface area contributed by atoms with Gasteiger partial charge in [0.25, 0.3) is 0 Å². The van der Waals surface area contributed by atoms with E-state index in [-0.39, 0.29) is 30.8 Å². The lowest BCUT2D eigenvalue weighted by Crippen LogP contribution is -2.38. The van der Waals surface area contributed by atoms with E-state index in [9.17, 15) is 9.90 Å². The molecule has 242 valence electrons. The van der Waals surface area contributed by atoms with Crippen molar-refractivity contribution in [3.05, 3.63) is 143 Å². The van der Waals surface area contributed by atoms with Gasteiger partial charge in [-0.1, -0.05) is 110 Å². The van der Waals surface area contributed by atoms with Gasteiger partial charge >= 0.3 is 6.03 Å². The Labute approximate surface area is 280 Å². The van der Waals surface area contributed by atoms with E-state index in [2.05, 4.69) is 46.8 Å². The van der Waals surface area contributed by atoms with Crippen LogP contribution in [0.2, 0.25) is 0 Å². The second-order valence-corrected chi connectivity index (χ2v) is 12.8. The number of carbonyl (C=O) groups excluding carboxylic acids is 1. The molecular formula is C38H40N4O4S. The van der Waals surface area contributed by atoms with Gasteiger partial charge in [0.1, 0.15) is 0 Å². The third-order valence-electron chi connectivity index (χ3n) is 8.45. The number of carbonyl (C=O) groups is 1. The number of thioether (sulfide) groups is 1. The largest absolute Gasteiger partial charge is 0.392 e. The second kappa shape index (κ2) is 15.5. The Balaban J connectivity index is 1.17. The number of benzene rings is 4. The predicted molar refractivity (Wildman–Crippen MR) is 184 cm³/mol. The van der Waals surface area contributed by atoms with Crippen LogP contribution in [0.1, 0.15) is 47.1 Å². The number of aryl methyl sites for hydroxylation is 1. The Morgan fingerprint density at radius 2 is 1.53 bits per heavy atom. The number of imidazole rings is 1. The highest BCUT2D eigenvalue weighted by atomic mass is 32.2. The van der Waals surface area contributed by atoms with Gasteiger partial charge in [-0.05, 0) is 45.5 Å². The van der Waals surface area contributed by atoms with Gasteiger partial charge in [-0.2, -0.15) is 0 Å². The van der Waals surface area contributed by atoms with Gasteiger partial charge in [0.2, 0.25) is 0 Å². The molecule has 4 aromatic carbocycles. The Bertz CT molecular complexity index is 1760. The Morgan fingerprint density at radius 3 is 2.26 bits per heavy atom. The van der Waals surface area contributed by atoms with E-state index < -0.39 is 6.29 Å². The van der Waals surface area contributed by atoms with E-state index in [1.807, 2.05) is 103 Å². The SMILES string of the molecule is C[C@H]1[C@@H](CSc2nccn2C)O[C@@H](c2cccc(-c3cccc(CNC(=O)NCc4ccccc4)c3)c2)O[C@H]1c1ccc(CO)cc1. The minimum Gasteiger partial charge on any atom is -0.392 e. The summed E-state index contributed by atoms with van der Waals surface area (Å²) in [6.07, 6.45) is 2.90. The van der Waals surface area contributed by atoms with Crippen molar-refractivity contribution in [2.45, 2.75) is 50.3 Å². The van der Waals surface area contributed by atoms with Crippen LogP contribution in [0, 0.1) is 5.92 Å². The molecule has 1 aliphatic heterocycles. The first kappa shape index (κ1) is 32.5. The quantitative estimate of drug-likeness (QED) is 0.132. The van der Waals surface area contributed by atoms with Crippen molar-refractivity contribution in [3.63, 3.8) is 0 Å². The van der Waals surface area contributed by atoms with Crippen LogP contribution in [0.15, 0.2) is 121 Å². The maximum Gasteiger partial charge on any atom is 0.315 e. The molecule has 0 saturated carbocycles. The summed E-state index contributed by atoms with van der Waals surface area (Å²) in [4.78, 5) is 16.9. The van der Waals surface area contributed by atoms with Gasteiger partial charge in [0, 0.05) is 49.8 Å². The normalized spacial score (nSPS) is 19.3. The molecule has 0 unspecified atom stereocenters. The molecule has 1 aliphatic rings. The Kier molecular flexibility index (Phi) is 10.7. The molecule has 0 radical (unpaired) electrons. The standard InChI is InChI=1S/C38H40N4O4S/c1-26-34(25-47-38-39-18-19-42(38)2)45-36(46-35(26)30-16-14-28(24-43)15-17-30)33-13-7-12-32(21-33)31-11-6-10-29(20-31)23-41-37(44)40-22-27-8-4-3-5-9-27/h3-21,26,34-36,43H,22-25H2,1-2H3,(H2,40,41,44)/t26-,34+,35+,36+/m0/s1. The number of nitrogens with zero attached hydrogens (tertiary/aromatic N) is 2. The fourth-order valence-corrected chi connectivity index (χ4v) is 6.80. The third kappa shape index (κ3) is 8.31. The highest BCUT2D eigenvalue weighted by Gasteiger charge is 2.38. The summed E-state index contributed by atoms with van der Waals surface area (Å²) in [5, 5.41) is 16.4. The molecule has 9 heteroatoms. The number of rotatable bonds is 11. The highest BCUT2D eigenvalue weighted by molar-refractivity contribution is 7.99. The summed E-state index contributed by atoms with van der Waals surface area (Å²) in [5.74, 6) is 0.807. The van der Waals surface area contributed by atoms with E-state index in [4.69, 9.17) is 9.47 Å². The first-order valence-electron chi connectivity index (χ1n) is 15.8. The number of nitrogens with one attached hydrogen (secondary N) is 2. The molecule has 0 spiro atoms. The second-order valence-electron chi connectivity index (χ2n) is 11.8. The topological polar surface area (TPSA) is 97.6 Å². The van der Waals surface area contributed by atoms with E-state index in [0.717, 1.165) is 49.9 Å². The van der Waals surface area contributed by atoms with Crippen molar-refractivity contribution in [3.8, 4) is 11.1 Å². The average molecular weight is 649 g/mol. The zero-order chi connectivity index (χ0) is 32.6. The number of hydrogen-bond acceptors (Lipinski definition) is 6. The first-order chi connectivity index (χ1) is 23.0. The van der Waals surface area contributed by atoms with Crippen molar-refractivity contribution in [1.82, 2.24) is 20.2 Å². The number of hydrogen-bond donors (Lipinski definition) is 3. The number of aliphatic hydroxyl groups is 1. The van der Waals surface area contributed by atoms with Gasteiger partial charge in [-0.3, -0.25) is 0 Å². The number of ether oxygens (including phenoxy) is 2. The molecule has 6 rings (SSSR count). The smallest absolute Gasteiger partial charge is 0.315 e. The van der Waals surface area contributed by atoms with Crippen molar-refractivity contribution in [2.75, 3.05) is 5.75 Å². The van der Waals surface area contributed by atoms with Gasteiger partial charge in [-0.15, -0.1) is 0 Å². The van der Waals surface area contributed by atoms with E-state index in [1.54, 1.807) is 11.8 Å². The van der Waals surface area contributed by atoms with Crippen LogP contribution >= 0.6 is 11.8 Å². The van der Waals surface area contributed by atoms with Crippen molar-refractivity contribution in [1.29, 1.82) is 0 Å². The maximum absolute atomic E-state index is 12.4. The minimum absolute atomic E-state index is 0.00152. The van der Waals surface area contributed by atoms with Crippen LogP contribution in [-0.4, -0.2) is 32.5 Å². The fourth-order valence-electron chi connectivity index (χ4n) is 5.71. The Hall–Kier alpha value is -4.41. The van der Waals surface area contributed by atoms with E-state index in [1.165, 1.54) is 0 Å². The molecule has 0 bridgehead atoms. The molecule has 0 aliphatic carbocycles. The first-order valence-corrected chi connectivity index (χ1v) is 16.8. The molecule has 8 nitrogen and oxygen atoms in total.